The second-order valence-electron chi connectivity index (χ2n) is 3.55. The van der Waals surface area contributed by atoms with Gasteiger partial charge in [0.2, 0.25) is 0 Å². The van der Waals surface area contributed by atoms with Crippen LogP contribution >= 0.6 is 0 Å². The van der Waals surface area contributed by atoms with Gasteiger partial charge in [0.05, 0.1) is 18.2 Å². The molecule has 3 nitrogen and oxygen atoms in total. The molecule has 19 heavy (non-hydrogen) atoms. The van der Waals surface area contributed by atoms with E-state index in [0.717, 1.165) is 6.07 Å². The number of rotatable bonds is 3. The normalized spacial score (nSPS) is 12.6. The fraction of sp³-hybridized carbons (Fsp3) is 0.333. The molecule has 0 radical (unpaired) electrons. The molecular formula is C12H9F4NO2. The number of esters is 1. The first kappa shape index (κ1) is 15.0. The molecule has 0 aromatic heterocycles. The van der Waals surface area contributed by atoms with Gasteiger partial charge in [-0.2, -0.15) is 18.4 Å². The molecule has 0 fully saturated rings. The van der Waals surface area contributed by atoms with E-state index in [1.54, 1.807) is 0 Å². The predicted molar refractivity (Wildman–Crippen MR) is 56.4 cm³/mol. The molecule has 0 saturated carbocycles. The van der Waals surface area contributed by atoms with E-state index in [1.165, 1.54) is 13.0 Å². The highest BCUT2D eigenvalue weighted by Gasteiger charge is 2.33. The van der Waals surface area contributed by atoms with Crippen LogP contribution in [0.15, 0.2) is 18.2 Å². The minimum absolute atomic E-state index is 0.0146. The Morgan fingerprint density at radius 1 is 1.47 bits per heavy atom. The molecule has 1 rings (SSSR count). The lowest BCUT2D eigenvalue weighted by molar-refractivity contribution is -0.143. The van der Waals surface area contributed by atoms with Crippen molar-refractivity contribution in [1.29, 1.82) is 5.26 Å². The number of benzene rings is 1. The Kier molecular flexibility index (Phi) is 4.48. The Morgan fingerprint density at radius 2 is 2.11 bits per heavy atom. The van der Waals surface area contributed by atoms with E-state index in [9.17, 15) is 22.4 Å². The van der Waals surface area contributed by atoms with Crippen LogP contribution in [0.2, 0.25) is 0 Å². The highest BCUT2D eigenvalue weighted by molar-refractivity contribution is 5.81. The molecule has 0 unspecified atom stereocenters. The van der Waals surface area contributed by atoms with E-state index < -0.39 is 35.0 Å². The van der Waals surface area contributed by atoms with Crippen LogP contribution in [0.3, 0.4) is 0 Å². The van der Waals surface area contributed by atoms with Crippen LogP contribution in [0, 0.1) is 17.1 Å². The van der Waals surface area contributed by atoms with Crippen molar-refractivity contribution in [2.24, 2.45) is 0 Å². The summed E-state index contributed by atoms with van der Waals surface area (Å²) in [5, 5.41) is 8.79. The molecule has 102 valence electrons. The van der Waals surface area contributed by atoms with Crippen LogP contribution in [0.25, 0.3) is 0 Å². The van der Waals surface area contributed by atoms with Crippen LogP contribution in [-0.4, -0.2) is 12.6 Å². The van der Waals surface area contributed by atoms with Gasteiger partial charge in [-0.25, -0.2) is 4.39 Å². The molecule has 0 aliphatic heterocycles. The lowest BCUT2D eigenvalue weighted by Gasteiger charge is -2.12. The van der Waals surface area contributed by atoms with E-state index in [-0.39, 0.29) is 12.7 Å². The number of nitrogens with zero attached hydrogens (tertiary/aromatic N) is 1. The zero-order valence-electron chi connectivity index (χ0n) is 9.79. The van der Waals surface area contributed by atoms with E-state index in [1.807, 2.05) is 0 Å². The Morgan fingerprint density at radius 3 is 2.53 bits per heavy atom. The molecule has 1 atom stereocenters. The highest BCUT2D eigenvalue weighted by atomic mass is 19.4. The number of nitriles is 1. The molecule has 0 bridgehead atoms. The van der Waals surface area contributed by atoms with Crippen molar-refractivity contribution in [2.45, 2.75) is 19.0 Å². The van der Waals surface area contributed by atoms with Gasteiger partial charge >= 0.3 is 12.1 Å². The lowest BCUT2D eigenvalue weighted by Crippen LogP contribution is -2.16. The van der Waals surface area contributed by atoms with E-state index in [0.29, 0.717) is 6.07 Å². The molecule has 7 heteroatoms. The van der Waals surface area contributed by atoms with Gasteiger partial charge < -0.3 is 4.74 Å². The Balaban J connectivity index is 3.15. The van der Waals surface area contributed by atoms with Crippen molar-refractivity contribution in [3.8, 4) is 6.07 Å². The Labute approximate surface area is 106 Å². The van der Waals surface area contributed by atoms with Gasteiger partial charge in [-0.05, 0) is 19.1 Å². The van der Waals surface area contributed by atoms with Crippen LogP contribution in [-0.2, 0) is 15.7 Å². The molecule has 0 spiro atoms. The molecule has 0 aliphatic rings. The summed E-state index contributed by atoms with van der Waals surface area (Å²) in [4.78, 5) is 11.4. The zero-order chi connectivity index (χ0) is 14.6. The molecule has 0 saturated heterocycles. The van der Waals surface area contributed by atoms with Gasteiger partial charge in [-0.15, -0.1) is 0 Å². The van der Waals surface area contributed by atoms with E-state index in [2.05, 4.69) is 4.74 Å². The monoisotopic (exact) mass is 275 g/mol. The minimum atomic E-state index is -4.69. The fourth-order valence-corrected chi connectivity index (χ4v) is 1.41. The molecular weight excluding hydrogens is 266 g/mol. The lowest BCUT2D eigenvalue weighted by atomic mass is 9.98. The second kappa shape index (κ2) is 5.69. The third-order valence-electron chi connectivity index (χ3n) is 2.29. The average molecular weight is 275 g/mol. The summed E-state index contributed by atoms with van der Waals surface area (Å²) in [6.07, 6.45) is -4.69. The van der Waals surface area contributed by atoms with Crippen molar-refractivity contribution < 1.29 is 27.1 Å². The van der Waals surface area contributed by atoms with Crippen LogP contribution in [0.1, 0.15) is 24.0 Å². The number of carbonyl (C=O) groups is 1. The molecule has 0 amide bonds. The first-order valence-corrected chi connectivity index (χ1v) is 5.24. The number of carbonyl (C=O) groups excluding carboxylic acids is 1. The third kappa shape index (κ3) is 3.44. The number of hydrogen-bond acceptors (Lipinski definition) is 3. The molecule has 0 aliphatic carbocycles. The summed E-state index contributed by atoms with van der Waals surface area (Å²) in [6, 6.07) is 3.13. The summed E-state index contributed by atoms with van der Waals surface area (Å²) >= 11 is 0. The Hall–Kier alpha value is -2.10. The Bertz CT molecular complexity index is 519. The van der Waals surface area contributed by atoms with E-state index in [4.69, 9.17) is 5.26 Å². The fourth-order valence-electron chi connectivity index (χ4n) is 1.41. The standard InChI is InChI=1S/C12H9F4NO2/c1-2-19-11(18)9(6-17)8-4-3-7(5-10(8)13)12(14,15)16/h3-5,9H,2H2,1H3/t9-/m1/s1. The van der Waals surface area contributed by atoms with Crippen molar-refractivity contribution >= 4 is 5.97 Å². The predicted octanol–water partition coefficient (Wildman–Crippen LogP) is 3.01. The summed E-state index contributed by atoms with van der Waals surface area (Å²) in [7, 11) is 0. The van der Waals surface area contributed by atoms with Gasteiger partial charge in [0.1, 0.15) is 5.82 Å². The zero-order valence-corrected chi connectivity index (χ0v) is 9.79. The summed E-state index contributed by atoms with van der Waals surface area (Å²) in [5.41, 5.74) is -1.62. The largest absolute Gasteiger partial charge is 0.465 e. The maximum Gasteiger partial charge on any atom is 0.416 e. The van der Waals surface area contributed by atoms with E-state index >= 15 is 0 Å². The van der Waals surface area contributed by atoms with Gasteiger partial charge in [0.15, 0.2) is 5.92 Å². The molecule has 0 heterocycles. The smallest absolute Gasteiger partial charge is 0.416 e. The van der Waals surface area contributed by atoms with Gasteiger partial charge in [-0.1, -0.05) is 6.07 Å². The summed E-state index contributed by atoms with van der Waals surface area (Å²) < 4.78 is 55.1. The van der Waals surface area contributed by atoms with Gasteiger partial charge in [-0.3, -0.25) is 4.79 Å². The molecule has 0 N–H and O–H groups in total. The quantitative estimate of drug-likeness (QED) is 0.629. The van der Waals surface area contributed by atoms with Crippen LogP contribution in [0.4, 0.5) is 17.6 Å². The third-order valence-corrected chi connectivity index (χ3v) is 2.29. The molecule has 1 aromatic carbocycles. The molecule has 1 aromatic rings. The van der Waals surface area contributed by atoms with Gasteiger partial charge in [0.25, 0.3) is 0 Å². The number of hydrogen-bond donors (Lipinski definition) is 0. The summed E-state index contributed by atoms with van der Waals surface area (Å²) in [6.45, 7) is 1.48. The summed E-state index contributed by atoms with van der Waals surface area (Å²) in [5.74, 6) is -3.85. The second-order valence-corrected chi connectivity index (χ2v) is 3.55. The van der Waals surface area contributed by atoms with Crippen molar-refractivity contribution in [3.05, 3.63) is 35.1 Å². The van der Waals surface area contributed by atoms with Crippen molar-refractivity contribution in [1.82, 2.24) is 0 Å². The van der Waals surface area contributed by atoms with Crippen molar-refractivity contribution in [3.63, 3.8) is 0 Å². The number of ether oxygens (including phenoxy) is 1. The highest BCUT2D eigenvalue weighted by Crippen LogP contribution is 2.31. The first-order valence-electron chi connectivity index (χ1n) is 5.24. The topological polar surface area (TPSA) is 50.1 Å². The van der Waals surface area contributed by atoms with Crippen LogP contribution < -0.4 is 0 Å². The minimum Gasteiger partial charge on any atom is -0.465 e. The number of alkyl halides is 3. The SMILES string of the molecule is CCOC(=O)[C@H](C#N)c1ccc(C(F)(F)F)cc1F. The van der Waals surface area contributed by atoms with Gasteiger partial charge in [0, 0.05) is 5.56 Å². The first-order chi connectivity index (χ1) is 8.81. The van der Waals surface area contributed by atoms with Crippen molar-refractivity contribution in [2.75, 3.05) is 6.61 Å². The maximum atomic E-state index is 13.6. The van der Waals surface area contributed by atoms with Crippen LogP contribution in [0.5, 0.6) is 0 Å². The average Bonchev–Trinajstić information content (AvgIpc) is 2.31. The maximum absolute atomic E-state index is 13.6. The number of halogens is 4.